The average Bonchev–Trinajstić information content (AvgIpc) is 1.37. The first-order valence-corrected chi connectivity index (χ1v) is 0.934. The van der Waals surface area contributed by atoms with E-state index in [-0.39, 0.29) is 33.9 Å². The summed E-state index contributed by atoms with van der Waals surface area (Å²) in [6, 6.07) is 0. The molecule has 0 rings (SSSR count). The van der Waals surface area contributed by atoms with Gasteiger partial charge in [0.15, 0.2) is 0 Å². The van der Waals surface area contributed by atoms with Gasteiger partial charge in [-0.2, -0.15) is 0 Å². The topological polar surface area (TPSA) is 184 Å². The minimum absolute atomic E-state index is 0. The fraction of sp³-hybridized carbons (Fsp3) is 0. The van der Waals surface area contributed by atoms with E-state index in [2.05, 4.69) is 16.2 Å². The maximum Gasteiger partial charge on any atom is 0.312 e. The minimum atomic E-state index is 0. The first kappa shape index (κ1) is 74.7. The second-order valence-corrected chi connectivity index (χ2v) is 0.363. The van der Waals surface area contributed by atoms with Crippen LogP contribution in [0.15, 0.2) is 0 Å². The quantitative estimate of drug-likeness (QED) is 0.366. The molecule has 8 heteroatoms. The van der Waals surface area contributed by atoms with Gasteiger partial charge in [0.1, 0.15) is 11.9 Å². The summed E-state index contributed by atoms with van der Waals surface area (Å²) in [5.41, 5.74) is 0. The molecule has 0 saturated carbocycles. The molecule has 0 aromatic heterocycles. The lowest BCUT2D eigenvalue weighted by atomic mass is 11.7. The Morgan fingerprint density at radius 3 is 1.11 bits per heavy atom. The number of hydrogen-bond donors (Lipinski definition) is 0. The highest BCUT2D eigenvalue weighted by molar-refractivity contribution is 6.10. The molecule has 0 unspecified atom stereocenters. The van der Waals surface area contributed by atoms with Crippen molar-refractivity contribution in [1.29, 1.82) is 0 Å². The molecule has 0 aromatic carbocycles. The van der Waals surface area contributed by atoms with E-state index in [4.69, 9.17) is 4.79 Å². The van der Waals surface area contributed by atoms with Crippen LogP contribution in [0.2, 0.25) is 0 Å². The number of rotatable bonds is 1. The number of halogens is 1. The van der Waals surface area contributed by atoms with Crippen molar-refractivity contribution in [3.8, 4) is 0 Å². The van der Waals surface area contributed by atoms with Crippen LogP contribution in [0.4, 0.5) is 0 Å². The van der Waals surface area contributed by atoms with Gasteiger partial charge < -0.3 is 31.7 Å². The standard InChI is InChI=1S/CHClO2.5H2O/c2-4-1-3;;;;;/h1H;5*1H2. The minimum Gasteiger partial charge on any atom is -0.412 e. The van der Waals surface area contributed by atoms with Crippen molar-refractivity contribution in [1.82, 2.24) is 0 Å². The maximum atomic E-state index is 8.82. The summed E-state index contributed by atoms with van der Waals surface area (Å²) < 4.78 is 3.33. The predicted molar refractivity (Wildman–Crippen MR) is 31.1 cm³/mol. The van der Waals surface area contributed by atoms with Gasteiger partial charge in [0, 0.05) is 0 Å². The normalized spacial score (nSPS) is 2.33. The largest absolute Gasteiger partial charge is 0.412 e. The molecule has 0 aliphatic heterocycles. The van der Waals surface area contributed by atoms with Gasteiger partial charge >= 0.3 is 6.47 Å². The molecule has 0 amide bonds. The molecule has 0 aliphatic rings. The van der Waals surface area contributed by atoms with Gasteiger partial charge in [-0.15, -0.1) is 0 Å². The zero-order chi connectivity index (χ0) is 3.41. The summed E-state index contributed by atoms with van der Waals surface area (Å²) in [5.74, 6) is 0. The maximum absolute atomic E-state index is 8.82. The molecule has 0 saturated heterocycles. The van der Waals surface area contributed by atoms with Crippen LogP contribution in [0.25, 0.3) is 0 Å². The lowest BCUT2D eigenvalue weighted by Gasteiger charge is -1.59. The van der Waals surface area contributed by atoms with Gasteiger partial charge in [-0.05, 0) is 0 Å². The van der Waals surface area contributed by atoms with E-state index in [1.165, 1.54) is 0 Å². The van der Waals surface area contributed by atoms with Crippen molar-refractivity contribution in [2.75, 3.05) is 0 Å². The number of hydrogen-bond acceptors (Lipinski definition) is 2. The van der Waals surface area contributed by atoms with Gasteiger partial charge in [0.05, 0.1) is 0 Å². The highest BCUT2D eigenvalue weighted by atomic mass is 35.5. The van der Waals surface area contributed by atoms with Crippen LogP contribution in [-0.2, 0) is 9.08 Å². The van der Waals surface area contributed by atoms with Gasteiger partial charge in [0.2, 0.25) is 0 Å². The third-order valence-corrected chi connectivity index (χ3v) is 0.109. The Bertz CT molecular complexity index is 22.9. The first-order valence-electron chi connectivity index (χ1n) is 0.626. The lowest BCUT2D eigenvalue weighted by molar-refractivity contribution is -0.120. The zero-order valence-electron chi connectivity index (χ0n) is 4.27. The SMILES string of the molecule is O.O.O.O.O.O=COCl. The molecular weight excluding hydrogens is 159 g/mol. The second-order valence-electron chi connectivity index (χ2n) is 0.185. The van der Waals surface area contributed by atoms with Crippen LogP contribution in [0.1, 0.15) is 0 Å². The highest BCUT2D eigenvalue weighted by Gasteiger charge is 1.50. The first-order chi connectivity index (χ1) is 1.91. The van der Waals surface area contributed by atoms with Gasteiger partial charge in [-0.25, -0.2) is 0 Å². The summed E-state index contributed by atoms with van der Waals surface area (Å²) >= 11 is 4.32. The number of carbonyl (C=O) groups is 1. The lowest BCUT2D eigenvalue weighted by Crippen LogP contribution is -1.57. The molecule has 0 radical (unpaired) electrons. The summed E-state index contributed by atoms with van der Waals surface area (Å²) in [4.78, 5) is 8.82. The third-order valence-electron chi connectivity index (χ3n) is 0.0364. The van der Waals surface area contributed by atoms with Gasteiger partial charge in [0.25, 0.3) is 0 Å². The molecule has 64 valence electrons. The van der Waals surface area contributed by atoms with Crippen LogP contribution in [-0.4, -0.2) is 33.9 Å². The molecule has 0 atom stereocenters. The number of carbonyl (C=O) groups excluding carboxylic acids is 1. The summed E-state index contributed by atoms with van der Waals surface area (Å²) in [5, 5.41) is 0. The Hall–Kier alpha value is -0.440. The molecule has 0 fully saturated rings. The van der Waals surface area contributed by atoms with Crippen LogP contribution < -0.4 is 0 Å². The van der Waals surface area contributed by atoms with E-state index in [0.717, 1.165) is 0 Å². The Morgan fingerprint density at radius 2 is 1.11 bits per heavy atom. The molecule has 0 heterocycles. The molecule has 0 aromatic rings. The van der Waals surface area contributed by atoms with E-state index in [9.17, 15) is 0 Å². The molecule has 0 aliphatic carbocycles. The van der Waals surface area contributed by atoms with Crippen molar-refractivity contribution < 1.29 is 36.5 Å². The van der Waals surface area contributed by atoms with Crippen molar-refractivity contribution in [3.05, 3.63) is 0 Å². The van der Waals surface area contributed by atoms with Crippen molar-refractivity contribution in [2.24, 2.45) is 0 Å². The Balaban J connectivity index is -0.00000000450. The smallest absolute Gasteiger partial charge is 0.312 e. The van der Waals surface area contributed by atoms with Crippen molar-refractivity contribution in [2.45, 2.75) is 0 Å². The van der Waals surface area contributed by atoms with E-state index in [1.54, 1.807) is 0 Å². The average molecular weight is 171 g/mol. The van der Waals surface area contributed by atoms with Gasteiger partial charge in [-0.1, -0.05) is 0 Å². The Morgan fingerprint density at radius 1 is 1.00 bits per heavy atom. The zero-order valence-corrected chi connectivity index (χ0v) is 5.03. The molecule has 9 heavy (non-hydrogen) atoms. The van der Waals surface area contributed by atoms with E-state index >= 15 is 0 Å². The highest BCUT2D eigenvalue weighted by Crippen LogP contribution is 1.62. The van der Waals surface area contributed by atoms with Crippen molar-refractivity contribution in [3.63, 3.8) is 0 Å². The van der Waals surface area contributed by atoms with E-state index < -0.39 is 0 Å². The summed E-state index contributed by atoms with van der Waals surface area (Å²) in [6.45, 7) is 0.140. The van der Waals surface area contributed by atoms with Crippen LogP contribution in [0.5, 0.6) is 0 Å². The monoisotopic (exact) mass is 170 g/mol. The van der Waals surface area contributed by atoms with Crippen LogP contribution in [0.3, 0.4) is 0 Å². The van der Waals surface area contributed by atoms with Crippen LogP contribution in [0, 0.1) is 0 Å². The van der Waals surface area contributed by atoms with Crippen molar-refractivity contribution >= 4 is 18.3 Å². The Labute approximate surface area is 55.9 Å². The second kappa shape index (κ2) is 134. The third kappa shape index (κ3) is 745. The molecule has 10 N–H and O–H groups in total. The molecule has 7 nitrogen and oxygen atoms in total. The van der Waals surface area contributed by atoms with Crippen LogP contribution >= 0.6 is 11.9 Å². The molecule has 0 bridgehead atoms. The summed E-state index contributed by atoms with van der Waals surface area (Å²) in [7, 11) is 0. The van der Waals surface area contributed by atoms with E-state index in [0.29, 0.717) is 0 Å². The summed E-state index contributed by atoms with van der Waals surface area (Å²) in [6.07, 6.45) is 0. The van der Waals surface area contributed by atoms with E-state index in [1.807, 2.05) is 0 Å². The fourth-order valence-electron chi connectivity index (χ4n) is 0. The molecule has 0 spiro atoms. The fourth-order valence-corrected chi connectivity index (χ4v) is 0. The Kier molecular flexibility index (Phi) is 1110. The van der Waals surface area contributed by atoms with Gasteiger partial charge in [-0.3, -0.25) is 4.79 Å². The predicted octanol–water partition coefficient (Wildman–Crippen LogP) is -3.81. The molecular formula is CH11ClO7.